The highest BCUT2D eigenvalue weighted by Crippen LogP contribution is 2.27. The monoisotopic (exact) mass is 375 g/mol. The number of sulfonamides is 1. The Kier molecular flexibility index (Phi) is 4.70. The first-order valence-corrected chi connectivity index (χ1v) is 8.27. The molecule has 2 rings (SSSR count). The normalized spacial score (nSPS) is 11.3. The molecule has 2 N–H and O–H groups in total. The molecule has 20 heavy (non-hydrogen) atoms. The molecule has 0 unspecified atom stereocenters. The largest absolute Gasteiger partial charge is 0.487 e. The Hall–Kier alpha value is -1.08. The number of primary sulfonamides is 1. The van der Waals surface area contributed by atoms with Crippen LogP contribution in [-0.2, 0) is 16.6 Å². The van der Waals surface area contributed by atoms with Gasteiger partial charge in [-0.05, 0) is 35.9 Å². The minimum absolute atomic E-state index is 0.0612. The Morgan fingerprint density at radius 2 is 1.95 bits per heavy atom. The maximum atomic E-state index is 11.5. The van der Waals surface area contributed by atoms with Crippen molar-refractivity contribution in [1.82, 2.24) is 0 Å². The van der Waals surface area contributed by atoms with Crippen LogP contribution in [0, 0.1) is 0 Å². The zero-order chi connectivity index (χ0) is 14.8. The highest BCUT2D eigenvalue weighted by atomic mass is 79.9. The summed E-state index contributed by atoms with van der Waals surface area (Å²) in [6, 6.07) is 11.8. The van der Waals surface area contributed by atoms with Gasteiger partial charge in [0.1, 0.15) is 17.3 Å². The van der Waals surface area contributed by atoms with Gasteiger partial charge in [0.05, 0.1) is 0 Å². The number of benzene rings is 2. The first-order chi connectivity index (χ1) is 9.36. The first-order valence-electron chi connectivity index (χ1n) is 5.56. The second kappa shape index (κ2) is 6.13. The van der Waals surface area contributed by atoms with Crippen LogP contribution in [0.5, 0.6) is 5.75 Å². The molecule has 0 saturated heterocycles. The number of rotatable bonds is 4. The topological polar surface area (TPSA) is 69.4 Å². The van der Waals surface area contributed by atoms with E-state index in [1.807, 2.05) is 6.07 Å². The summed E-state index contributed by atoms with van der Waals surface area (Å²) < 4.78 is 29.2. The molecule has 0 bridgehead atoms. The molecule has 0 aromatic heterocycles. The van der Waals surface area contributed by atoms with E-state index in [9.17, 15) is 8.42 Å². The van der Waals surface area contributed by atoms with Gasteiger partial charge < -0.3 is 4.74 Å². The van der Waals surface area contributed by atoms with Gasteiger partial charge in [0.25, 0.3) is 0 Å². The van der Waals surface area contributed by atoms with Crippen LogP contribution in [0.1, 0.15) is 5.56 Å². The molecular weight excluding hydrogens is 366 g/mol. The van der Waals surface area contributed by atoms with Crippen molar-refractivity contribution in [3.8, 4) is 5.75 Å². The number of ether oxygens (including phenoxy) is 1. The van der Waals surface area contributed by atoms with E-state index in [2.05, 4.69) is 15.9 Å². The number of hydrogen-bond donors (Lipinski definition) is 1. The van der Waals surface area contributed by atoms with Gasteiger partial charge >= 0.3 is 0 Å². The fraction of sp³-hybridized carbons (Fsp3) is 0.0769. The standard InChI is InChI=1S/C13H11BrClNO3S/c14-10-4-5-12(13(7-10)20(16,17)18)19-8-9-2-1-3-11(15)6-9/h1-7H,8H2,(H2,16,17,18). The molecule has 0 fully saturated rings. The third-order valence-corrected chi connectivity index (χ3v) is 4.16. The van der Waals surface area contributed by atoms with Crippen molar-refractivity contribution in [2.45, 2.75) is 11.5 Å². The molecule has 0 atom stereocenters. The Labute approximate surface area is 130 Å². The number of hydrogen-bond acceptors (Lipinski definition) is 3. The van der Waals surface area contributed by atoms with E-state index < -0.39 is 10.0 Å². The fourth-order valence-electron chi connectivity index (χ4n) is 1.61. The first kappa shape index (κ1) is 15.3. The Bertz CT molecular complexity index is 734. The third kappa shape index (κ3) is 3.96. The number of halogens is 2. The van der Waals surface area contributed by atoms with Crippen LogP contribution in [0.15, 0.2) is 51.8 Å². The van der Waals surface area contributed by atoms with Crippen molar-refractivity contribution < 1.29 is 13.2 Å². The molecule has 106 valence electrons. The molecule has 4 nitrogen and oxygen atoms in total. The summed E-state index contributed by atoms with van der Waals surface area (Å²) in [5.41, 5.74) is 0.834. The third-order valence-electron chi connectivity index (χ3n) is 2.50. The summed E-state index contributed by atoms with van der Waals surface area (Å²) in [7, 11) is -3.85. The zero-order valence-corrected chi connectivity index (χ0v) is 13.4. The summed E-state index contributed by atoms with van der Waals surface area (Å²) >= 11 is 9.07. The fourth-order valence-corrected chi connectivity index (χ4v) is 3.04. The van der Waals surface area contributed by atoms with Gasteiger partial charge in [-0.1, -0.05) is 39.7 Å². The minimum Gasteiger partial charge on any atom is -0.487 e. The predicted molar refractivity (Wildman–Crippen MR) is 81.3 cm³/mol. The van der Waals surface area contributed by atoms with Gasteiger partial charge in [0.2, 0.25) is 10.0 Å². The van der Waals surface area contributed by atoms with Gasteiger partial charge in [0.15, 0.2) is 0 Å². The summed E-state index contributed by atoms with van der Waals surface area (Å²) in [6.07, 6.45) is 0. The van der Waals surface area contributed by atoms with E-state index in [1.165, 1.54) is 6.07 Å². The van der Waals surface area contributed by atoms with E-state index in [4.69, 9.17) is 21.5 Å². The molecular formula is C13H11BrClNO3S. The van der Waals surface area contributed by atoms with E-state index in [0.717, 1.165) is 5.56 Å². The lowest BCUT2D eigenvalue weighted by molar-refractivity contribution is 0.298. The van der Waals surface area contributed by atoms with Gasteiger partial charge in [-0.15, -0.1) is 0 Å². The minimum atomic E-state index is -3.85. The molecule has 0 spiro atoms. The average molecular weight is 377 g/mol. The zero-order valence-electron chi connectivity index (χ0n) is 10.2. The van der Waals surface area contributed by atoms with E-state index in [1.54, 1.807) is 30.3 Å². The summed E-state index contributed by atoms with van der Waals surface area (Å²) in [4.78, 5) is -0.0612. The maximum absolute atomic E-state index is 11.5. The van der Waals surface area contributed by atoms with Gasteiger partial charge in [-0.25, -0.2) is 13.6 Å². The Morgan fingerprint density at radius 3 is 2.60 bits per heavy atom. The lowest BCUT2D eigenvalue weighted by atomic mass is 10.2. The van der Waals surface area contributed by atoms with Crippen LogP contribution >= 0.6 is 27.5 Å². The van der Waals surface area contributed by atoms with Crippen LogP contribution in [-0.4, -0.2) is 8.42 Å². The Morgan fingerprint density at radius 1 is 1.20 bits per heavy atom. The molecule has 0 heterocycles. The smallest absolute Gasteiger partial charge is 0.241 e. The van der Waals surface area contributed by atoms with Crippen LogP contribution in [0.4, 0.5) is 0 Å². The van der Waals surface area contributed by atoms with Crippen molar-refractivity contribution in [1.29, 1.82) is 0 Å². The SMILES string of the molecule is NS(=O)(=O)c1cc(Br)ccc1OCc1cccc(Cl)c1. The lowest BCUT2D eigenvalue weighted by Crippen LogP contribution is -2.14. The van der Waals surface area contributed by atoms with Gasteiger partial charge in [0, 0.05) is 9.50 Å². The predicted octanol–water partition coefficient (Wildman–Crippen LogP) is 3.33. The van der Waals surface area contributed by atoms with E-state index in [0.29, 0.717) is 9.50 Å². The van der Waals surface area contributed by atoms with Crippen LogP contribution in [0.3, 0.4) is 0 Å². The maximum Gasteiger partial charge on any atom is 0.241 e. The van der Waals surface area contributed by atoms with Gasteiger partial charge in [-0.3, -0.25) is 0 Å². The summed E-state index contributed by atoms with van der Waals surface area (Å²) in [6.45, 7) is 0.199. The summed E-state index contributed by atoms with van der Waals surface area (Å²) in [5, 5.41) is 5.76. The second-order valence-corrected chi connectivity index (χ2v) is 6.94. The van der Waals surface area contributed by atoms with Crippen LogP contribution in [0.25, 0.3) is 0 Å². The Balaban J connectivity index is 2.26. The summed E-state index contributed by atoms with van der Waals surface area (Å²) in [5.74, 6) is 0.204. The van der Waals surface area contributed by atoms with Crippen molar-refractivity contribution in [3.63, 3.8) is 0 Å². The highest BCUT2D eigenvalue weighted by molar-refractivity contribution is 9.10. The molecule has 0 saturated carbocycles. The molecule has 0 amide bonds. The van der Waals surface area contributed by atoms with Crippen molar-refractivity contribution in [3.05, 3.63) is 57.5 Å². The average Bonchev–Trinajstić information content (AvgIpc) is 2.36. The molecule has 0 radical (unpaired) electrons. The van der Waals surface area contributed by atoms with Crippen LogP contribution < -0.4 is 9.88 Å². The van der Waals surface area contributed by atoms with E-state index in [-0.39, 0.29) is 17.3 Å². The molecule has 0 aliphatic heterocycles. The van der Waals surface area contributed by atoms with Gasteiger partial charge in [-0.2, -0.15) is 0 Å². The highest BCUT2D eigenvalue weighted by Gasteiger charge is 2.15. The second-order valence-electron chi connectivity index (χ2n) is 4.05. The van der Waals surface area contributed by atoms with Crippen LogP contribution in [0.2, 0.25) is 5.02 Å². The van der Waals surface area contributed by atoms with Crippen molar-refractivity contribution >= 4 is 37.6 Å². The molecule has 2 aromatic carbocycles. The number of nitrogens with two attached hydrogens (primary N) is 1. The van der Waals surface area contributed by atoms with E-state index >= 15 is 0 Å². The molecule has 0 aliphatic carbocycles. The lowest BCUT2D eigenvalue weighted by Gasteiger charge is -2.11. The molecule has 2 aromatic rings. The quantitative estimate of drug-likeness (QED) is 0.890. The molecule has 0 aliphatic rings. The van der Waals surface area contributed by atoms with Crippen molar-refractivity contribution in [2.75, 3.05) is 0 Å². The molecule has 7 heteroatoms. The van der Waals surface area contributed by atoms with Crippen molar-refractivity contribution in [2.24, 2.45) is 5.14 Å².